The van der Waals surface area contributed by atoms with Gasteiger partial charge in [-0.25, -0.2) is 4.98 Å². The van der Waals surface area contributed by atoms with Crippen LogP contribution >= 0.6 is 27.7 Å². The van der Waals surface area contributed by atoms with Gasteiger partial charge >= 0.3 is 0 Å². The maximum Gasteiger partial charge on any atom is 0.104 e. The molecule has 0 atom stereocenters. The highest BCUT2D eigenvalue weighted by Gasteiger charge is 2.04. The lowest BCUT2D eigenvalue weighted by Crippen LogP contribution is -1.85. The Kier molecular flexibility index (Phi) is 3.11. The van der Waals surface area contributed by atoms with Gasteiger partial charge in [0.05, 0.1) is 11.1 Å². The second-order valence-corrected chi connectivity index (χ2v) is 5.21. The van der Waals surface area contributed by atoms with Gasteiger partial charge in [0.1, 0.15) is 5.03 Å². The normalized spacial score (nSPS) is 10.6. The lowest BCUT2D eigenvalue weighted by Gasteiger charge is -2.02. The molecule has 0 bridgehead atoms. The largest absolute Gasteiger partial charge is 0.275 e. The molecule has 15 heavy (non-hydrogen) atoms. The standard InChI is InChI=1S/C10H10BrN3S/c1-7-3-8(11)4-12-10(7)15-9-5-13-14(2)6-9/h3-6H,1-2H3. The first kappa shape index (κ1) is 10.7. The van der Waals surface area contributed by atoms with E-state index in [0.29, 0.717) is 0 Å². The topological polar surface area (TPSA) is 30.7 Å². The van der Waals surface area contributed by atoms with Crippen LogP contribution in [-0.4, -0.2) is 14.8 Å². The molecular weight excluding hydrogens is 274 g/mol. The van der Waals surface area contributed by atoms with Gasteiger partial charge in [0.2, 0.25) is 0 Å². The van der Waals surface area contributed by atoms with Crippen LogP contribution in [0, 0.1) is 6.92 Å². The summed E-state index contributed by atoms with van der Waals surface area (Å²) in [6, 6.07) is 2.06. The Morgan fingerprint density at radius 1 is 1.40 bits per heavy atom. The van der Waals surface area contributed by atoms with Gasteiger partial charge in [-0.15, -0.1) is 0 Å². The number of hydrogen-bond acceptors (Lipinski definition) is 3. The van der Waals surface area contributed by atoms with Gasteiger partial charge in [0.15, 0.2) is 0 Å². The third-order valence-electron chi connectivity index (χ3n) is 1.89. The van der Waals surface area contributed by atoms with Crippen LogP contribution in [0.5, 0.6) is 0 Å². The van der Waals surface area contributed by atoms with Crippen molar-refractivity contribution >= 4 is 27.7 Å². The monoisotopic (exact) mass is 283 g/mol. The predicted molar refractivity (Wildman–Crippen MR) is 64.0 cm³/mol. The van der Waals surface area contributed by atoms with Crippen LogP contribution < -0.4 is 0 Å². The van der Waals surface area contributed by atoms with Crippen LogP contribution in [-0.2, 0) is 7.05 Å². The van der Waals surface area contributed by atoms with Crippen LogP contribution in [0.2, 0.25) is 0 Å². The molecule has 0 fully saturated rings. The second kappa shape index (κ2) is 4.37. The molecule has 2 rings (SSSR count). The fraction of sp³-hybridized carbons (Fsp3) is 0.200. The van der Waals surface area contributed by atoms with Gasteiger partial charge in [0.25, 0.3) is 0 Å². The summed E-state index contributed by atoms with van der Waals surface area (Å²) in [5.74, 6) is 0. The SMILES string of the molecule is Cc1cc(Br)cnc1Sc1cnn(C)c1. The van der Waals surface area contributed by atoms with Crippen molar-refractivity contribution in [2.45, 2.75) is 16.8 Å². The van der Waals surface area contributed by atoms with Crippen molar-refractivity contribution in [3.63, 3.8) is 0 Å². The zero-order chi connectivity index (χ0) is 10.8. The number of rotatable bonds is 2. The molecule has 0 radical (unpaired) electrons. The van der Waals surface area contributed by atoms with Crippen molar-refractivity contribution in [2.24, 2.45) is 7.05 Å². The first-order valence-electron chi connectivity index (χ1n) is 4.44. The first-order chi connectivity index (χ1) is 7.15. The van der Waals surface area contributed by atoms with E-state index in [-0.39, 0.29) is 0 Å². The smallest absolute Gasteiger partial charge is 0.104 e. The van der Waals surface area contributed by atoms with Crippen LogP contribution in [0.1, 0.15) is 5.56 Å². The zero-order valence-corrected chi connectivity index (χ0v) is 10.8. The summed E-state index contributed by atoms with van der Waals surface area (Å²) < 4.78 is 2.80. The summed E-state index contributed by atoms with van der Waals surface area (Å²) in [4.78, 5) is 5.47. The van der Waals surface area contributed by atoms with Gasteiger partial charge in [-0.05, 0) is 34.5 Å². The average Bonchev–Trinajstić information content (AvgIpc) is 2.56. The highest BCUT2D eigenvalue weighted by atomic mass is 79.9. The molecule has 2 aromatic heterocycles. The number of nitrogens with zero attached hydrogens (tertiary/aromatic N) is 3. The maximum atomic E-state index is 4.36. The van der Waals surface area contributed by atoms with E-state index in [0.717, 1.165) is 14.4 Å². The Labute approximate surface area is 101 Å². The van der Waals surface area contributed by atoms with E-state index in [4.69, 9.17) is 0 Å². The molecule has 0 saturated carbocycles. The van der Waals surface area contributed by atoms with Crippen LogP contribution in [0.3, 0.4) is 0 Å². The number of pyridine rings is 1. The number of aryl methyl sites for hydroxylation is 2. The van der Waals surface area contributed by atoms with Crippen molar-refractivity contribution < 1.29 is 0 Å². The minimum atomic E-state index is 1.01. The Hall–Kier alpha value is -0.810. The summed E-state index contributed by atoms with van der Waals surface area (Å²) in [5, 5.41) is 5.14. The molecular formula is C10H10BrN3S. The summed E-state index contributed by atoms with van der Waals surface area (Å²) in [6.07, 6.45) is 5.63. The zero-order valence-electron chi connectivity index (χ0n) is 8.44. The van der Waals surface area contributed by atoms with Gasteiger partial charge in [-0.3, -0.25) is 4.68 Å². The van der Waals surface area contributed by atoms with Gasteiger partial charge in [0, 0.05) is 23.9 Å². The van der Waals surface area contributed by atoms with Crippen molar-refractivity contribution in [3.8, 4) is 0 Å². The minimum Gasteiger partial charge on any atom is -0.275 e. The maximum absolute atomic E-state index is 4.36. The van der Waals surface area contributed by atoms with Crippen LogP contribution in [0.4, 0.5) is 0 Å². The Bertz CT molecular complexity index is 481. The summed E-state index contributed by atoms with van der Waals surface area (Å²) in [6.45, 7) is 2.05. The van der Waals surface area contributed by atoms with Crippen LogP contribution in [0.25, 0.3) is 0 Å². The van der Waals surface area contributed by atoms with Crippen molar-refractivity contribution in [1.29, 1.82) is 0 Å². The molecule has 0 N–H and O–H groups in total. The van der Waals surface area contributed by atoms with E-state index in [1.807, 2.05) is 25.6 Å². The molecule has 2 heterocycles. The Morgan fingerprint density at radius 3 is 2.80 bits per heavy atom. The summed E-state index contributed by atoms with van der Waals surface area (Å²) >= 11 is 5.03. The van der Waals surface area contributed by atoms with E-state index in [2.05, 4.69) is 39.0 Å². The van der Waals surface area contributed by atoms with E-state index >= 15 is 0 Å². The fourth-order valence-electron chi connectivity index (χ4n) is 1.20. The molecule has 0 saturated heterocycles. The molecule has 0 amide bonds. The molecule has 0 aromatic carbocycles. The van der Waals surface area contributed by atoms with Gasteiger partial charge < -0.3 is 0 Å². The van der Waals surface area contributed by atoms with Gasteiger partial charge in [-0.2, -0.15) is 5.10 Å². The highest BCUT2D eigenvalue weighted by molar-refractivity contribution is 9.10. The van der Waals surface area contributed by atoms with Crippen molar-refractivity contribution in [1.82, 2.24) is 14.8 Å². The predicted octanol–water partition coefficient (Wildman–Crippen LogP) is 3.04. The quantitative estimate of drug-likeness (QED) is 0.849. The first-order valence-corrected chi connectivity index (χ1v) is 6.05. The number of halogens is 1. The number of aromatic nitrogens is 3. The molecule has 3 nitrogen and oxygen atoms in total. The van der Waals surface area contributed by atoms with E-state index in [1.165, 1.54) is 5.56 Å². The molecule has 5 heteroatoms. The summed E-state index contributed by atoms with van der Waals surface area (Å²) in [5.41, 5.74) is 1.17. The lowest BCUT2D eigenvalue weighted by molar-refractivity contribution is 0.766. The van der Waals surface area contributed by atoms with E-state index in [9.17, 15) is 0 Å². The van der Waals surface area contributed by atoms with Crippen LogP contribution in [0.15, 0.2) is 39.1 Å². The molecule has 0 aliphatic carbocycles. The minimum absolute atomic E-state index is 1.01. The lowest BCUT2D eigenvalue weighted by atomic mass is 10.3. The third-order valence-corrected chi connectivity index (χ3v) is 3.39. The highest BCUT2D eigenvalue weighted by Crippen LogP contribution is 2.28. The second-order valence-electron chi connectivity index (χ2n) is 3.23. The average molecular weight is 284 g/mol. The molecule has 0 aliphatic heterocycles. The third kappa shape index (κ3) is 2.60. The Morgan fingerprint density at radius 2 is 2.20 bits per heavy atom. The fourth-order valence-corrected chi connectivity index (χ4v) is 2.50. The van der Waals surface area contributed by atoms with E-state index < -0.39 is 0 Å². The summed E-state index contributed by atoms with van der Waals surface area (Å²) in [7, 11) is 1.91. The molecule has 78 valence electrons. The van der Waals surface area contributed by atoms with E-state index in [1.54, 1.807) is 16.4 Å². The van der Waals surface area contributed by atoms with Gasteiger partial charge in [-0.1, -0.05) is 11.8 Å². The molecule has 0 spiro atoms. The molecule has 0 aliphatic rings. The van der Waals surface area contributed by atoms with Crippen molar-refractivity contribution in [2.75, 3.05) is 0 Å². The van der Waals surface area contributed by atoms with Crippen molar-refractivity contribution in [3.05, 3.63) is 34.7 Å². The number of hydrogen-bond donors (Lipinski definition) is 0. The molecule has 0 unspecified atom stereocenters. The Balaban J connectivity index is 2.24. The molecule has 2 aromatic rings.